The maximum atomic E-state index is 11.5. The Morgan fingerprint density at radius 3 is 2.87 bits per heavy atom. The second-order valence-corrected chi connectivity index (χ2v) is 4.15. The first-order valence-corrected chi connectivity index (χ1v) is 5.83. The van der Waals surface area contributed by atoms with E-state index in [1.807, 2.05) is 6.07 Å². The van der Waals surface area contributed by atoms with Crippen LogP contribution in [0.15, 0.2) is 24.3 Å². The van der Waals surface area contributed by atoms with E-state index in [1.165, 1.54) is 0 Å². The molecule has 0 saturated heterocycles. The second-order valence-electron chi connectivity index (χ2n) is 3.36. The molecule has 0 radical (unpaired) electrons. The van der Waals surface area contributed by atoms with Gasteiger partial charge in [0.2, 0.25) is 5.91 Å². The molecule has 0 saturated carbocycles. The molecular formula is C11H14BrNO2. The van der Waals surface area contributed by atoms with E-state index in [4.69, 9.17) is 0 Å². The number of hydrogen-bond acceptors (Lipinski definition) is 2. The highest BCUT2D eigenvalue weighted by Crippen LogP contribution is 2.12. The average molecular weight is 272 g/mol. The number of rotatable bonds is 4. The molecule has 0 aliphatic rings. The van der Waals surface area contributed by atoms with Crippen LogP contribution in [-0.2, 0) is 11.3 Å². The van der Waals surface area contributed by atoms with E-state index in [2.05, 4.69) is 15.9 Å². The molecule has 0 unspecified atom stereocenters. The van der Waals surface area contributed by atoms with Gasteiger partial charge in [-0.1, -0.05) is 28.1 Å². The van der Waals surface area contributed by atoms with E-state index in [1.54, 1.807) is 30.1 Å². The van der Waals surface area contributed by atoms with Crippen molar-refractivity contribution in [3.8, 4) is 5.75 Å². The third-order valence-corrected chi connectivity index (χ3v) is 2.46. The number of hydrogen-bond donors (Lipinski definition) is 1. The van der Waals surface area contributed by atoms with E-state index in [9.17, 15) is 9.90 Å². The number of amides is 1. The second kappa shape index (κ2) is 5.75. The molecule has 4 heteroatoms. The zero-order valence-corrected chi connectivity index (χ0v) is 10.2. The van der Waals surface area contributed by atoms with Crippen LogP contribution >= 0.6 is 15.9 Å². The number of aromatic hydroxyl groups is 1. The average Bonchev–Trinajstić information content (AvgIpc) is 2.18. The summed E-state index contributed by atoms with van der Waals surface area (Å²) in [6, 6.07) is 6.94. The van der Waals surface area contributed by atoms with Crippen molar-refractivity contribution in [1.82, 2.24) is 4.90 Å². The van der Waals surface area contributed by atoms with Crippen LogP contribution in [-0.4, -0.2) is 28.3 Å². The predicted octanol–water partition coefficient (Wildman–Crippen LogP) is 2.14. The van der Waals surface area contributed by atoms with Crippen molar-refractivity contribution in [2.45, 2.75) is 13.0 Å². The molecule has 0 bridgehead atoms. The SMILES string of the molecule is CN(Cc1cccc(O)c1)C(=O)CCBr. The number of carbonyl (C=O) groups is 1. The number of alkyl halides is 1. The normalized spacial score (nSPS) is 10.0. The van der Waals surface area contributed by atoms with Gasteiger partial charge in [-0.2, -0.15) is 0 Å². The lowest BCUT2D eigenvalue weighted by Gasteiger charge is -2.16. The van der Waals surface area contributed by atoms with E-state index in [0.29, 0.717) is 18.3 Å². The van der Waals surface area contributed by atoms with E-state index in [0.717, 1.165) is 5.56 Å². The zero-order chi connectivity index (χ0) is 11.3. The summed E-state index contributed by atoms with van der Waals surface area (Å²) in [5.74, 6) is 0.323. The number of nitrogens with zero attached hydrogens (tertiary/aromatic N) is 1. The van der Waals surface area contributed by atoms with Gasteiger partial charge in [-0.25, -0.2) is 0 Å². The Morgan fingerprint density at radius 1 is 1.53 bits per heavy atom. The van der Waals surface area contributed by atoms with Gasteiger partial charge in [0.1, 0.15) is 5.75 Å². The minimum atomic E-state index is 0.0928. The Morgan fingerprint density at radius 2 is 2.27 bits per heavy atom. The zero-order valence-electron chi connectivity index (χ0n) is 8.61. The molecule has 1 amide bonds. The molecule has 0 aliphatic carbocycles. The fourth-order valence-corrected chi connectivity index (χ4v) is 1.63. The summed E-state index contributed by atoms with van der Waals surface area (Å²) < 4.78 is 0. The van der Waals surface area contributed by atoms with Crippen molar-refractivity contribution < 1.29 is 9.90 Å². The van der Waals surface area contributed by atoms with E-state index < -0.39 is 0 Å². The topological polar surface area (TPSA) is 40.5 Å². The number of halogens is 1. The standard InChI is InChI=1S/C11H14BrNO2/c1-13(11(15)5-6-12)8-9-3-2-4-10(14)7-9/h2-4,7,14H,5-6,8H2,1H3. The summed E-state index contributed by atoms with van der Waals surface area (Å²) in [6.07, 6.45) is 0.495. The third-order valence-electron chi connectivity index (χ3n) is 2.06. The van der Waals surface area contributed by atoms with Crippen LogP contribution in [0, 0.1) is 0 Å². The highest BCUT2D eigenvalue weighted by atomic mass is 79.9. The van der Waals surface area contributed by atoms with Gasteiger partial charge in [0.15, 0.2) is 0 Å². The fraction of sp³-hybridized carbons (Fsp3) is 0.364. The van der Waals surface area contributed by atoms with Crippen LogP contribution in [0.4, 0.5) is 0 Å². The van der Waals surface area contributed by atoms with Crippen molar-refractivity contribution in [2.75, 3.05) is 12.4 Å². The smallest absolute Gasteiger partial charge is 0.223 e. The summed E-state index contributed by atoms with van der Waals surface area (Å²) in [5.41, 5.74) is 0.931. The Labute approximate surface area is 97.8 Å². The number of phenolic OH excluding ortho intramolecular Hbond substituents is 1. The van der Waals surface area contributed by atoms with Crippen LogP contribution in [0.25, 0.3) is 0 Å². The Kier molecular flexibility index (Phi) is 4.62. The summed E-state index contributed by atoms with van der Waals surface area (Å²) >= 11 is 3.23. The summed E-state index contributed by atoms with van der Waals surface area (Å²) in [5, 5.41) is 9.93. The van der Waals surface area contributed by atoms with Gasteiger partial charge >= 0.3 is 0 Å². The lowest BCUT2D eigenvalue weighted by atomic mass is 10.2. The number of benzene rings is 1. The molecule has 0 aromatic heterocycles. The first-order valence-electron chi connectivity index (χ1n) is 4.71. The third kappa shape index (κ3) is 3.91. The molecule has 0 spiro atoms. The van der Waals surface area contributed by atoms with Crippen molar-refractivity contribution in [3.05, 3.63) is 29.8 Å². The van der Waals surface area contributed by atoms with Crippen molar-refractivity contribution in [2.24, 2.45) is 0 Å². The van der Waals surface area contributed by atoms with Crippen LogP contribution in [0.1, 0.15) is 12.0 Å². The minimum absolute atomic E-state index is 0.0928. The molecule has 1 rings (SSSR count). The molecule has 0 fully saturated rings. The molecule has 15 heavy (non-hydrogen) atoms. The lowest BCUT2D eigenvalue weighted by Crippen LogP contribution is -2.26. The van der Waals surface area contributed by atoms with Crippen molar-refractivity contribution >= 4 is 21.8 Å². The van der Waals surface area contributed by atoms with Crippen LogP contribution in [0.2, 0.25) is 0 Å². The van der Waals surface area contributed by atoms with Crippen LogP contribution < -0.4 is 0 Å². The maximum absolute atomic E-state index is 11.5. The number of carbonyl (C=O) groups excluding carboxylic acids is 1. The molecule has 0 heterocycles. The molecule has 1 aromatic rings. The predicted molar refractivity (Wildman–Crippen MR) is 63.0 cm³/mol. The van der Waals surface area contributed by atoms with Gasteiger partial charge in [0.05, 0.1) is 0 Å². The highest BCUT2D eigenvalue weighted by Gasteiger charge is 2.08. The van der Waals surface area contributed by atoms with Crippen molar-refractivity contribution in [1.29, 1.82) is 0 Å². The molecule has 0 atom stereocenters. The van der Waals surface area contributed by atoms with Crippen LogP contribution in [0.5, 0.6) is 5.75 Å². The molecule has 3 nitrogen and oxygen atoms in total. The van der Waals surface area contributed by atoms with Gasteiger partial charge in [0.25, 0.3) is 0 Å². The Hall–Kier alpha value is -1.03. The minimum Gasteiger partial charge on any atom is -0.508 e. The highest BCUT2D eigenvalue weighted by molar-refractivity contribution is 9.09. The van der Waals surface area contributed by atoms with E-state index in [-0.39, 0.29) is 11.7 Å². The fourth-order valence-electron chi connectivity index (χ4n) is 1.29. The van der Waals surface area contributed by atoms with Gasteiger partial charge in [-0.15, -0.1) is 0 Å². The van der Waals surface area contributed by atoms with Gasteiger partial charge in [0, 0.05) is 25.3 Å². The lowest BCUT2D eigenvalue weighted by molar-refractivity contribution is -0.129. The molecular weight excluding hydrogens is 258 g/mol. The van der Waals surface area contributed by atoms with Gasteiger partial charge in [-0.3, -0.25) is 4.79 Å². The van der Waals surface area contributed by atoms with Gasteiger partial charge in [-0.05, 0) is 17.7 Å². The van der Waals surface area contributed by atoms with Gasteiger partial charge < -0.3 is 10.0 Å². The monoisotopic (exact) mass is 271 g/mol. The molecule has 1 N–H and O–H groups in total. The molecule has 82 valence electrons. The van der Waals surface area contributed by atoms with Crippen LogP contribution in [0.3, 0.4) is 0 Å². The Balaban J connectivity index is 2.58. The summed E-state index contributed by atoms with van der Waals surface area (Å²) in [6.45, 7) is 0.528. The first kappa shape index (κ1) is 12.0. The van der Waals surface area contributed by atoms with Crippen molar-refractivity contribution in [3.63, 3.8) is 0 Å². The van der Waals surface area contributed by atoms with E-state index >= 15 is 0 Å². The first-order chi connectivity index (χ1) is 7.13. The summed E-state index contributed by atoms with van der Waals surface area (Å²) in [7, 11) is 1.76. The largest absolute Gasteiger partial charge is 0.508 e. The number of phenols is 1. The summed E-state index contributed by atoms with van der Waals surface area (Å²) in [4.78, 5) is 13.1. The maximum Gasteiger partial charge on any atom is 0.223 e. The Bertz CT molecular complexity index is 341. The quantitative estimate of drug-likeness (QED) is 0.853. The molecule has 0 aliphatic heterocycles. The molecule has 1 aromatic carbocycles.